The van der Waals surface area contributed by atoms with Gasteiger partial charge in [-0.3, -0.25) is 4.79 Å². The van der Waals surface area contributed by atoms with Crippen LogP contribution in [-0.4, -0.2) is 5.12 Å². The van der Waals surface area contributed by atoms with Crippen molar-refractivity contribution in [2.45, 2.75) is 18.7 Å². The van der Waals surface area contributed by atoms with Gasteiger partial charge < -0.3 is 0 Å². The SMILES string of the molecule is CC(C)/C=C/C(=O)Sc1ccccc1. The van der Waals surface area contributed by atoms with Gasteiger partial charge in [-0.15, -0.1) is 0 Å². The lowest BCUT2D eigenvalue weighted by molar-refractivity contribution is -0.107. The van der Waals surface area contributed by atoms with Gasteiger partial charge in [0.15, 0.2) is 0 Å². The first-order chi connectivity index (χ1) is 6.68. The molecular weight excluding hydrogens is 192 g/mol. The van der Waals surface area contributed by atoms with Gasteiger partial charge in [0.05, 0.1) is 0 Å². The van der Waals surface area contributed by atoms with Crippen LogP contribution in [0, 0.1) is 5.92 Å². The Hall–Kier alpha value is -1.02. The number of carbonyl (C=O) groups is 1. The van der Waals surface area contributed by atoms with E-state index in [1.165, 1.54) is 11.8 Å². The lowest BCUT2D eigenvalue weighted by atomic mass is 10.2. The Morgan fingerprint density at radius 3 is 2.50 bits per heavy atom. The summed E-state index contributed by atoms with van der Waals surface area (Å²) in [5, 5.41) is 0.0879. The summed E-state index contributed by atoms with van der Waals surface area (Å²) in [6.07, 6.45) is 3.56. The summed E-state index contributed by atoms with van der Waals surface area (Å²) < 4.78 is 0. The van der Waals surface area contributed by atoms with E-state index in [0.717, 1.165) is 4.90 Å². The van der Waals surface area contributed by atoms with Crippen molar-refractivity contribution in [2.75, 3.05) is 0 Å². The molecule has 14 heavy (non-hydrogen) atoms. The van der Waals surface area contributed by atoms with Gasteiger partial charge in [0.25, 0.3) is 0 Å². The fraction of sp³-hybridized carbons (Fsp3) is 0.250. The van der Waals surface area contributed by atoms with Crippen LogP contribution in [0.2, 0.25) is 0 Å². The van der Waals surface area contributed by atoms with E-state index in [9.17, 15) is 4.79 Å². The summed E-state index contributed by atoms with van der Waals surface area (Å²) in [4.78, 5) is 12.4. The van der Waals surface area contributed by atoms with E-state index in [-0.39, 0.29) is 5.12 Å². The number of benzene rings is 1. The van der Waals surface area contributed by atoms with Crippen LogP contribution in [0.15, 0.2) is 47.4 Å². The molecule has 0 unspecified atom stereocenters. The van der Waals surface area contributed by atoms with Gasteiger partial charge >= 0.3 is 0 Å². The smallest absolute Gasteiger partial charge is 0.216 e. The minimum atomic E-state index is 0.0879. The quantitative estimate of drug-likeness (QED) is 0.556. The Kier molecular flexibility index (Phi) is 4.47. The Morgan fingerprint density at radius 2 is 1.93 bits per heavy atom. The minimum Gasteiger partial charge on any atom is -0.282 e. The van der Waals surface area contributed by atoms with Gasteiger partial charge in [-0.05, 0) is 35.9 Å². The molecule has 2 heteroatoms. The van der Waals surface area contributed by atoms with E-state index >= 15 is 0 Å². The van der Waals surface area contributed by atoms with Crippen molar-refractivity contribution in [1.82, 2.24) is 0 Å². The van der Waals surface area contributed by atoms with Crippen molar-refractivity contribution in [3.8, 4) is 0 Å². The molecule has 0 fully saturated rings. The largest absolute Gasteiger partial charge is 0.282 e. The van der Waals surface area contributed by atoms with Crippen molar-refractivity contribution in [3.63, 3.8) is 0 Å². The third-order valence-electron chi connectivity index (χ3n) is 1.58. The molecule has 1 nitrogen and oxygen atoms in total. The predicted molar refractivity (Wildman–Crippen MR) is 61.3 cm³/mol. The van der Waals surface area contributed by atoms with Crippen LogP contribution in [0.4, 0.5) is 0 Å². The van der Waals surface area contributed by atoms with E-state index in [0.29, 0.717) is 5.92 Å². The maximum absolute atomic E-state index is 11.4. The van der Waals surface area contributed by atoms with Crippen molar-refractivity contribution >= 4 is 16.9 Å². The molecule has 0 aliphatic carbocycles. The number of rotatable bonds is 3. The third kappa shape index (κ3) is 4.28. The topological polar surface area (TPSA) is 17.1 Å². The molecule has 0 radical (unpaired) electrons. The average Bonchev–Trinajstić information content (AvgIpc) is 2.16. The fourth-order valence-electron chi connectivity index (χ4n) is 0.910. The van der Waals surface area contributed by atoms with Gasteiger partial charge in [-0.1, -0.05) is 38.1 Å². The highest BCUT2D eigenvalue weighted by Crippen LogP contribution is 2.18. The molecule has 0 spiro atoms. The summed E-state index contributed by atoms with van der Waals surface area (Å²) in [5.74, 6) is 0.426. The molecule has 0 amide bonds. The summed E-state index contributed by atoms with van der Waals surface area (Å²) in [6, 6.07) is 9.68. The highest BCUT2D eigenvalue weighted by atomic mass is 32.2. The third-order valence-corrected chi connectivity index (χ3v) is 2.42. The van der Waals surface area contributed by atoms with Crippen molar-refractivity contribution in [1.29, 1.82) is 0 Å². The Morgan fingerprint density at radius 1 is 1.29 bits per heavy atom. The Labute approximate surface area is 89.2 Å². The zero-order valence-electron chi connectivity index (χ0n) is 8.44. The second-order valence-electron chi connectivity index (χ2n) is 3.34. The molecule has 0 N–H and O–H groups in total. The van der Waals surface area contributed by atoms with E-state index < -0.39 is 0 Å². The van der Waals surface area contributed by atoms with Crippen LogP contribution in [0.1, 0.15) is 13.8 Å². The Bertz CT molecular complexity index is 314. The first kappa shape index (κ1) is 11.1. The molecule has 0 aliphatic heterocycles. The van der Waals surface area contributed by atoms with Gasteiger partial charge in [-0.25, -0.2) is 0 Å². The first-order valence-corrected chi connectivity index (χ1v) is 5.45. The fourth-order valence-corrected chi connectivity index (χ4v) is 1.58. The van der Waals surface area contributed by atoms with Gasteiger partial charge in [0, 0.05) is 4.90 Å². The molecular formula is C12H14OS. The Balaban J connectivity index is 2.50. The molecule has 1 aromatic rings. The lowest BCUT2D eigenvalue weighted by Crippen LogP contribution is -1.86. The monoisotopic (exact) mass is 206 g/mol. The van der Waals surface area contributed by atoms with Crippen molar-refractivity contribution in [2.24, 2.45) is 5.92 Å². The highest BCUT2D eigenvalue weighted by Gasteiger charge is 1.99. The number of allylic oxidation sites excluding steroid dienone is 1. The summed E-state index contributed by atoms with van der Waals surface area (Å²) in [7, 11) is 0. The molecule has 1 rings (SSSR count). The molecule has 74 valence electrons. The molecule has 0 aliphatic rings. The maximum atomic E-state index is 11.4. The molecule has 1 aromatic carbocycles. The van der Waals surface area contributed by atoms with Crippen LogP contribution in [-0.2, 0) is 4.79 Å². The normalized spacial score (nSPS) is 11.1. The summed E-state index contributed by atoms with van der Waals surface area (Å²) in [5.41, 5.74) is 0. The van der Waals surface area contributed by atoms with E-state index in [2.05, 4.69) is 13.8 Å². The molecule has 0 heterocycles. The van der Waals surface area contributed by atoms with Gasteiger partial charge in [-0.2, -0.15) is 0 Å². The molecule has 0 atom stereocenters. The van der Waals surface area contributed by atoms with E-state index in [4.69, 9.17) is 0 Å². The maximum Gasteiger partial charge on any atom is 0.216 e. The number of thioether (sulfide) groups is 1. The van der Waals surface area contributed by atoms with Crippen molar-refractivity contribution < 1.29 is 4.79 Å². The molecule has 0 saturated carbocycles. The number of hydrogen-bond acceptors (Lipinski definition) is 2. The number of carbonyl (C=O) groups excluding carboxylic acids is 1. The standard InChI is InChI=1S/C12H14OS/c1-10(2)8-9-12(13)14-11-6-4-3-5-7-11/h3-10H,1-2H3/b9-8+. The predicted octanol–water partition coefficient (Wildman–Crippen LogP) is 3.52. The second-order valence-corrected chi connectivity index (χ2v) is 4.42. The van der Waals surface area contributed by atoms with Gasteiger partial charge in [0.1, 0.15) is 0 Å². The summed E-state index contributed by atoms with van der Waals surface area (Å²) >= 11 is 1.26. The average molecular weight is 206 g/mol. The number of hydrogen-bond donors (Lipinski definition) is 0. The van der Waals surface area contributed by atoms with Crippen molar-refractivity contribution in [3.05, 3.63) is 42.5 Å². The van der Waals surface area contributed by atoms with Gasteiger partial charge in [0.2, 0.25) is 5.12 Å². The lowest BCUT2D eigenvalue weighted by Gasteiger charge is -1.96. The van der Waals surface area contributed by atoms with Crippen LogP contribution >= 0.6 is 11.8 Å². The summed E-state index contributed by atoms with van der Waals surface area (Å²) in [6.45, 7) is 4.11. The van der Waals surface area contributed by atoms with Crippen LogP contribution in [0.25, 0.3) is 0 Å². The zero-order valence-corrected chi connectivity index (χ0v) is 9.25. The second kappa shape index (κ2) is 5.66. The highest BCUT2D eigenvalue weighted by molar-refractivity contribution is 8.14. The van der Waals surface area contributed by atoms with Crippen LogP contribution in [0.5, 0.6) is 0 Å². The molecule has 0 aromatic heterocycles. The van der Waals surface area contributed by atoms with E-state index in [1.807, 2.05) is 36.4 Å². The molecule has 0 bridgehead atoms. The van der Waals surface area contributed by atoms with Crippen LogP contribution in [0.3, 0.4) is 0 Å². The zero-order chi connectivity index (χ0) is 10.4. The van der Waals surface area contributed by atoms with E-state index in [1.54, 1.807) is 6.08 Å². The molecule has 0 saturated heterocycles. The minimum absolute atomic E-state index is 0.0879. The van der Waals surface area contributed by atoms with Crippen LogP contribution < -0.4 is 0 Å². The first-order valence-electron chi connectivity index (χ1n) is 4.63.